The summed E-state index contributed by atoms with van der Waals surface area (Å²) < 4.78 is 12.5. The Balaban J connectivity index is 1.95. The number of rotatable bonds is 3. The second-order valence-corrected chi connectivity index (χ2v) is 4.01. The Kier molecular flexibility index (Phi) is 3.26. The Morgan fingerprint density at radius 2 is 2.31 bits per heavy atom. The molecule has 1 N–H and O–H groups in total. The van der Waals surface area contributed by atoms with Gasteiger partial charge >= 0.3 is 0 Å². The summed E-state index contributed by atoms with van der Waals surface area (Å²) in [4.78, 5) is 15.0. The van der Waals surface area contributed by atoms with Gasteiger partial charge in [0.25, 0.3) is 0 Å². The van der Waals surface area contributed by atoms with Gasteiger partial charge in [-0.3, -0.25) is 4.79 Å². The van der Waals surface area contributed by atoms with Crippen molar-refractivity contribution in [1.82, 2.24) is 4.98 Å². The molecule has 2 rings (SSSR count). The van der Waals surface area contributed by atoms with Crippen molar-refractivity contribution in [3.63, 3.8) is 0 Å². The quantitative estimate of drug-likeness (QED) is 0.832. The monoisotopic (exact) mass is 236 g/mol. The van der Waals surface area contributed by atoms with Crippen molar-refractivity contribution in [2.24, 2.45) is 0 Å². The summed E-state index contributed by atoms with van der Waals surface area (Å²) in [6, 6.07) is 4.58. The van der Waals surface area contributed by atoms with Gasteiger partial charge < -0.3 is 5.32 Å². The van der Waals surface area contributed by atoms with Crippen molar-refractivity contribution in [3.05, 3.63) is 46.7 Å². The third-order valence-electron chi connectivity index (χ3n) is 1.96. The first-order chi connectivity index (χ1) is 7.74. The van der Waals surface area contributed by atoms with Crippen LogP contribution in [0.3, 0.4) is 0 Å². The molecule has 0 bridgehead atoms. The van der Waals surface area contributed by atoms with Crippen LogP contribution in [-0.4, -0.2) is 10.9 Å². The van der Waals surface area contributed by atoms with Crippen molar-refractivity contribution in [2.45, 2.75) is 6.42 Å². The summed E-state index contributed by atoms with van der Waals surface area (Å²) in [5.41, 5.74) is 1.47. The molecule has 82 valence electrons. The van der Waals surface area contributed by atoms with Crippen LogP contribution in [0.5, 0.6) is 0 Å². The zero-order valence-electron chi connectivity index (χ0n) is 8.31. The number of halogens is 1. The highest BCUT2D eigenvalue weighted by atomic mass is 32.1. The highest BCUT2D eigenvalue weighted by Crippen LogP contribution is 2.09. The standard InChI is InChI=1S/C11H9FN2OS/c12-10-2-1-9(6-13-10)14-11(15)5-8-3-4-16-7-8/h1-4,6-7H,5H2,(H,14,15). The van der Waals surface area contributed by atoms with Crippen LogP contribution in [0.15, 0.2) is 35.2 Å². The smallest absolute Gasteiger partial charge is 0.228 e. The summed E-state index contributed by atoms with van der Waals surface area (Å²) in [6.07, 6.45) is 1.61. The van der Waals surface area contributed by atoms with Crippen LogP contribution in [0.2, 0.25) is 0 Å². The molecular weight excluding hydrogens is 227 g/mol. The molecule has 0 unspecified atom stereocenters. The van der Waals surface area contributed by atoms with Crippen LogP contribution < -0.4 is 5.32 Å². The van der Waals surface area contributed by atoms with Crippen LogP contribution in [0.4, 0.5) is 10.1 Å². The van der Waals surface area contributed by atoms with E-state index in [0.29, 0.717) is 12.1 Å². The third kappa shape index (κ3) is 2.87. The largest absolute Gasteiger partial charge is 0.324 e. The lowest BCUT2D eigenvalue weighted by molar-refractivity contribution is -0.115. The average Bonchev–Trinajstić information content (AvgIpc) is 2.74. The van der Waals surface area contributed by atoms with Crippen molar-refractivity contribution in [2.75, 3.05) is 5.32 Å². The number of amides is 1. The fourth-order valence-corrected chi connectivity index (χ4v) is 1.90. The number of nitrogens with zero attached hydrogens (tertiary/aromatic N) is 1. The van der Waals surface area contributed by atoms with E-state index >= 15 is 0 Å². The first-order valence-corrected chi connectivity index (χ1v) is 5.61. The molecular formula is C11H9FN2OS. The van der Waals surface area contributed by atoms with E-state index in [1.54, 1.807) is 11.3 Å². The van der Waals surface area contributed by atoms with E-state index in [0.717, 1.165) is 5.56 Å². The highest BCUT2D eigenvalue weighted by molar-refractivity contribution is 7.08. The lowest BCUT2D eigenvalue weighted by Crippen LogP contribution is -2.14. The molecule has 2 aromatic heterocycles. The van der Waals surface area contributed by atoms with Crippen molar-refractivity contribution in [1.29, 1.82) is 0 Å². The van der Waals surface area contributed by atoms with Gasteiger partial charge in [-0.1, -0.05) is 0 Å². The first-order valence-electron chi connectivity index (χ1n) is 4.66. The van der Waals surface area contributed by atoms with Crippen LogP contribution in [0, 0.1) is 5.95 Å². The van der Waals surface area contributed by atoms with E-state index < -0.39 is 5.95 Å². The average molecular weight is 236 g/mol. The summed E-state index contributed by atoms with van der Waals surface area (Å²) in [5, 5.41) is 6.48. The van der Waals surface area contributed by atoms with E-state index in [1.165, 1.54) is 18.3 Å². The molecule has 0 aromatic carbocycles. The molecule has 0 aliphatic heterocycles. The first kappa shape index (κ1) is 10.8. The van der Waals surface area contributed by atoms with E-state index in [1.807, 2.05) is 16.8 Å². The summed E-state index contributed by atoms with van der Waals surface area (Å²) >= 11 is 1.55. The maximum Gasteiger partial charge on any atom is 0.228 e. The number of thiophene rings is 1. The van der Waals surface area contributed by atoms with E-state index in [-0.39, 0.29) is 5.91 Å². The summed E-state index contributed by atoms with van der Waals surface area (Å²) in [6.45, 7) is 0. The van der Waals surface area contributed by atoms with Gasteiger partial charge in [0.05, 0.1) is 18.3 Å². The fraction of sp³-hybridized carbons (Fsp3) is 0.0909. The molecule has 0 fully saturated rings. The van der Waals surface area contributed by atoms with Gasteiger partial charge in [-0.2, -0.15) is 15.7 Å². The Morgan fingerprint density at radius 1 is 1.44 bits per heavy atom. The number of anilines is 1. The predicted molar refractivity (Wildman–Crippen MR) is 60.8 cm³/mol. The molecule has 3 nitrogen and oxygen atoms in total. The molecule has 2 aromatic rings. The van der Waals surface area contributed by atoms with Gasteiger partial charge in [-0.15, -0.1) is 0 Å². The summed E-state index contributed by atoms with van der Waals surface area (Å²) in [7, 11) is 0. The van der Waals surface area contributed by atoms with E-state index in [4.69, 9.17) is 0 Å². The van der Waals surface area contributed by atoms with Crippen LogP contribution in [-0.2, 0) is 11.2 Å². The predicted octanol–water partition coefficient (Wildman–Crippen LogP) is 2.46. The molecule has 0 aliphatic rings. The number of carbonyl (C=O) groups excluding carboxylic acids is 1. The molecule has 16 heavy (non-hydrogen) atoms. The summed E-state index contributed by atoms with van der Waals surface area (Å²) in [5.74, 6) is -0.692. The van der Waals surface area contributed by atoms with Crippen LogP contribution in [0.1, 0.15) is 5.56 Å². The minimum Gasteiger partial charge on any atom is -0.324 e. The number of aromatic nitrogens is 1. The van der Waals surface area contributed by atoms with Gasteiger partial charge in [-0.05, 0) is 34.5 Å². The second kappa shape index (κ2) is 4.85. The molecule has 0 aliphatic carbocycles. The zero-order valence-corrected chi connectivity index (χ0v) is 9.13. The number of hydrogen-bond donors (Lipinski definition) is 1. The molecule has 0 saturated carbocycles. The molecule has 5 heteroatoms. The van der Waals surface area contributed by atoms with Gasteiger partial charge in [-0.25, -0.2) is 4.98 Å². The minimum absolute atomic E-state index is 0.133. The molecule has 0 atom stereocenters. The SMILES string of the molecule is O=C(Cc1ccsc1)Nc1ccc(F)nc1. The van der Waals surface area contributed by atoms with Crippen LogP contribution in [0.25, 0.3) is 0 Å². The lowest BCUT2D eigenvalue weighted by atomic mass is 10.2. The number of pyridine rings is 1. The number of hydrogen-bond acceptors (Lipinski definition) is 3. The topological polar surface area (TPSA) is 42.0 Å². The molecule has 2 heterocycles. The van der Waals surface area contributed by atoms with E-state index in [2.05, 4.69) is 10.3 Å². The Morgan fingerprint density at radius 3 is 2.94 bits per heavy atom. The number of nitrogens with one attached hydrogen (secondary N) is 1. The minimum atomic E-state index is -0.559. The fourth-order valence-electron chi connectivity index (χ4n) is 1.23. The maximum atomic E-state index is 12.5. The normalized spacial score (nSPS) is 10.1. The Labute approximate surface area is 96.0 Å². The van der Waals surface area contributed by atoms with Crippen molar-refractivity contribution >= 4 is 22.9 Å². The highest BCUT2D eigenvalue weighted by Gasteiger charge is 2.04. The van der Waals surface area contributed by atoms with Gasteiger partial charge in [0.2, 0.25) is 11.9 Å². The van der Waals surface area contributed by atoms with Crippen molar-refractivity contribution in [3.8, 4) is 0 Å². The van der Waals surface area contributed by atoms with Gasteiger partial charge in [0.1, 0.15) is 0 Å². The van der Waals surface area contributed by atoms with Gasteiger partial charge in [0, 0.05) is 0 Å². The van der Waals surface area contributed by atoms with Crippen LogP contribution >= 0.6 is 11.3 Å². The Hall–Kier alpha value is -1.75. The third-order valence-corrected chi connectivity index (χ3v) is 2.69. The van der Waals surface area contributed by atoms with Gasteiger partial charge in [0.15, 0.2) is 0 Å². The molecule has 0 saturated heterocycles. The maximum absolute atomic E-state index is 12.5. The van der Waals surface area contributed by atoms with Crippen molar-refractivity contribution < 1.29 is 9.18 Å². The van der Waals surface area contributed by atoms with E-state index in [9.17, 15) is 9.18 Å². The second-order valence-electron chi connectivity index (χ2n) is 3.23. The lowest BCUT2D eigenvalue weighted by Gasteiger charge is -2.03. The molecule has 0 spiro atoms. The Bertz CT molecular complexity index is 467. The molecule has 1 amide bonds. The number of carbonyl (C=O) groups is 1. The zero-order chi connectivity index (χ0) is 11.4. The molecule has 0 radical (unpaired) electrons.